The lowest BCUT2D eigenvalue weighted by atomic mass is 10.0. The van der Waals surface area contributed by atoms with Crippen LogP contribution in [0.25, 0.3) is 11.1 Å². The minimum atomic E-state index is 0.647. The second kappa shape index (κ2) is 7.58. The third-order valence-corrected chi connectivity index (χ3v) is 4.64. The summed E-state index contributed by atoms with van der Waals surface area (Å²) in [6.45, 7) is 3.19. The van der Waals surface area contributed by atoms with Gasteiger partial charge in [0.05, 0.1) is 7.11 Å². The molecule has 0 unspecified atom stereocenters. The zero-order chi connectivity index (χ0) is 17.8. The van der Waals surface area contributed by atoms with Crippen LogP contribution in [0.2, 0.25) is 0 Å². The molecule has 26 heavy (non-hydrogen) atoms. The smallest absolute Gasteiger partial charge is 0.165 e. The largest absolute Gasteiger partial charge is 0.493 e. The van der Waals surface area contributed by atoms with Gasteiger partial charge in [0.2, 0.25) is 0 Å². The molecule has 0 N–H and O–H groups in total. The molecule has 3 aromatic rings. The van der Waals surface area contributed by atoms with Crippen molar-refractivity contribution in [3.8, 4) is 22.6 Å². The maximum atomic E-state index is 6.05. The monoisotopic (exact) mass is 346 g/mol. The van der Waals surface area contributed by atoms with Crippen molar-refractivity contribution >= 4 is 0 Å². The molecule has 1 aliphatic rings. The third-order valence-electron chi connectivity index (χ3n) is 4.64. The fraction of sp³-hybridized carbons (Fsp3) is 0.227. The quantitative estimate of drug-likeness (QED) is 0.711. The van der Waals surface area contributed by atoms with Crippen LogP contribution in [0.4, 0.5) is 0 Å². The summed E-state index contributed by atoms with van der Waals surface area (Å²) >= 11 is 0. The first-order valence-corrected chi connectivity index (χ1v) is 8.84. The second-order valence-corrected chi connectivity index (χ2v) is 6.45. The van der Waals surface area contributed by atoms with Gasteiger partial charge in [0.1, 0.15) is 6.61 Å². The van der Waals surface area contributed by atoms with E-state index in [0.29, 0.717) is 6.61 Å². The molecule has 4 nitrogen and oxygen atoms in total. The Bertz CT molecular complexity index is 866. The summed E-state index contributed by atoms with van der Waals surface area (Å²) in [4.78, 5) is 6.61. The first-order chi connectivity index (χ1) is 12.8. The van der Waals surface area contributed by atoms with Gasteiger partial charge in [0.25, 0.3) is 0 Å². The van der Waals surface area contributed by atoms with E-state index in [2.05, 4.69) is 52.3 Å². The topological polar surface area (TPSA) is 34.6 Å². The van der Waals surface area contributed by atoms with E-state index in [4.69, 9.17) is 9.47 Å². The number of hydrogen-bond donors (Lipinski definition) is 0. The minimum Gasteiger partial charge on any atom is -0.493 e. The van der Waals surface area contributed by atoms with E-state index in [1.807, 2.05) is 18.3 Å². The van der Waals surface area contributed by atoms with E-state index in [0.717, 1.165) is 42.3 Å². The van der Waals surface area contributed by atoms with E-state index >= 15 is 0 Å². The molecule has 4 rings (SSSR count). The van der Waals surface area contributed by atoms with Gasteiger partial charge in [-0.05, 0) is 34.9 Å². The highest BCUT2D eigenvalue weighted by Gasteiger charge is 2.20. The van der Waals surface area contributed by atoms with Gasteiger partial charge >= 0.3 is 0 Å². The van der Waals surface area contributed by atoms with Gasteiger partial charge in [0.15, 0.2) is 11.5 Å². The molecule has 0 saturated heterocycles. The van der Waals surface area contributed by atoms with Crippen molar-refractivity contribution in [3.05, 3.63) is 78.1 Å². The number of hydrogen-bond acceptors (Lipinski definition) is 4. The number of methoxy groups -OCH3 is 1. The highest BCUT2D eigenvalue weighted by molar-refractivity contribution is 5.69. The van der Waals surface area contributed by atoms with Crippen molar-refractivity contribution in [1.29, 1.82) is 0 Å². The van der Waals surface area contributed by atoms with Crippen LogP contribution in [-0.2, 0) is 13.1 Å². The summed E-state index contributed by atoms with van der Waals surface area (Å²) in [7, 11) is 1.70. The molecule has 0 radical (unpaired) electrons. The van der Waals surface area contributed by atoms with E-state index in [1.54, 1.807) is 13.3 Å². The van der Waals surface area contributed by atoms with Gasteiger partial charge in [-0.25, -0.2) is 0 Å². The van der Waals surface area contributed by atoms with Crippen LogP contribution in [0.5, 0.6) is 11.5 Å². The van der Waals surface area contributed by atoms with E-state index in [1.165, 1.54) is 11.1 Å². The van der Waals surface area contributed by atoms with Gasteiger partial charge in [0, 0.05) is 37.6 Å². The van der Waals surface area contributed by atoms with Crippen LogP contribution in [0.3, 0.4) is 0 Å². The molecular weight excluding hydrogens is 324 g/mol. The van der Waals surface area contributed by atoms with Crippen LogP contribution in [0.15, 0.2) is 67.0 Å². The fourth-order valence-corrected chi connectivity index (χ4v) is 3.37. The third kappa shape index (κ3) is 3.55. The van der Waals surface area contributed by atoms with Gasteiger partial charge in [-0.2, -0.15) is 0 Å². The van der Waals surface area contributed by atoms with Crippen molar-refractivity contribution < 1.29 is 9.47 Å². The van der Waals surface area contributed by atoms with Crippen molar-refractivity contribution in [2.24, 2.45) is 0 Å². The molecule has 0 amide bonds. The summed E-state index contributed by atoms with van der Waals surface area (Å²) in [5.41, 5.74) is 4.69. The van der Waals surface area contributed by atoms with E-state index in [9.17, 15) is 0 Å². The zero-order valence-corrected chi connectivity index (χ0v) is 14.9. The molecule has 4 heteroatoms. The number of nitrogens with zero attached hydrogens (tertiary/aromatic N) is 2. The molecule has 0 spiro atoms. The lowest BCUT2D eigenvalue weighted by Crippen LogP contribution is -2.25. The highest BCUT2D eigenvalue weighted by Crippen LogP contribution is 2.38. The van der Waals surface area contributed by atoms with E-state index in [-0.39, 0.29) is 0 Å². The summed E-state index contributed by atoms with van der Waals surface area (Å²) < 4.78 is 11.7. The van der Waals surface area contributed by atoms with Crippen molar-refractivity contribution in [2.45, 2.75) is 13.1 Å². The summed E-state index contributed by atoms with van der Waals surface area (Å²) in [6, 6.07) is 18.7. The van der Waals surface area contributed by atoms with Gasteiger partial charge in [-0.15, -0.1) is 0 Å². The van der Waals surface area contributed by atoms with Crippen molar-refractivity contribution in [3.63, 3.8) is 0 Å². The second-order valence-electron chi connectivity index (χ2n) is 6.45. The van der Waals surface area contributed by atoms with Crippen molar-refractivity contribution in [2.75, 3.05) is 20.3 Å². The Balaban J connectivity index is 1.67. The van der Waals surface area contributed by atoms with Gasteiger partial charge < -0.3 is 9.47 Å². The Kier molecular flexibility index (Phi) is 4.84. The zero-order valence-electron chi connectivity index (χ0n) is 14.9. The number of ether oxygens (including phenoxy) is 2. The highest BCUT2D eigenvalue weighted by atomic mass is 16.5. The predicted octanol–water partition coefficient (Wildman–Crippen LogP) is 4.15. The number of fused-ring (bicyclic) bond motifs is 1. The number of rotatable bonds is 4. The normalized spacial score (nSPS) is 14.2. The lowest BCUT2D eigenvalue weighted by Gasteiger charge is -2.19. The first-order valence-electron chi connectivity index (χ1n) is 8.84. The van der Waals surface area contributed by atoms with Crippen LogP contribution < -0.4 is 9.47 Å². The average molecular weight is 346 g/mol. The fourth-order valence-electron chi connectivity index (χ4n) is 3.37. The molecule has 1 aliphatic heterocycles. The van der Waals surface area contributed by atoms with E-state index < -0.39 is 0 Å². The Morgan fingerprint density at radius 3 is 2.73 bits per heavy atom. The van der Waals surface area contributed by atoms with Crippen LogP contribution in [-0.4, -0.2) is 30.1 Å². The Morgan fingerprint density at radius 2 is 1.96 bits per heavy atom. The molecule has 1 aromatic heterocycles. The number of benzene rings is 2. The van der Waals surface area contributed by atoms with Crippen LogP contribution >= 0.6 is 0 Å². The molecule has 0 atom stereocenters. The van der Waals surface area contributed by atoms with Crippen LogP contribution in [0, 0.1) is 0 Å². The Hall–Kier alpha value is -2.85. The molecule has 132 valence electrons. The van der Waals surface area contributed by atoms with Crippen LogP contribution in [0.1, 0.15) is 11.1 Å². The maximum absolute atomic E-state index is 6.05. The molecule has 2 heterocycles. The summed E-state index contributed by atoms with van der Waals surface area (Å²) in [6.07, 6.45) is 3.73. The molecule has 2 aromatic carbocycles. The molecule has 0 saturated carbocycles. The summed E-state index contributed by atoms with van der Waals surface area (Å²) in [5, 5.41) is 0. The molecule has 0 bridgehead atoms. The number of aromatic nitrogens is 1. The maximum Gasteiger partial charge on any atom is 0.165 e. The standard InChI is InChI=1S/C22H22N2O2/c1-25-21-13-19(18-7-3-2-4-8-18)12-20-16-24(10-11-26-22(20)21)15-17-6-5-9-23-14-17/h2-9,12-14H,10-11,15-16H2,1H3. The molecule has 0 aliphatic carbocycles. The minimum absolute atomic E-state index is 0.647. The summed E-state index contributed by atoms with van der Waals surface area (Å²) in [5.74, 6) is 1.66. The first kappa shape index (κ1) is 16.6. The average Bonchev–Trinajstić information content (AvgIpc) is 2.90. The Labute approximate surface area is 154 Å². The SMILES string of the molecule is COc1cc(-c2ccccc2)cc2c1OCCN(Cc1cccnc1)C2. The van der Waals surface area contributed by atoms with Gasteiger partial charge in [-0.3, -0.25) is 9.88 Å². The lowest BCUT2D eigenvalue weighted by molar-refractivity contribution is 0.216. The Morgan fingerprint density at radius 1 is 1.08 bits per heavy atom. The molecular formula is C22H22N2O2. The van der Waals surface area contributed by atoms with Gasteiger partial charge in [-0.1, -0.05) is 36.4 Å². The predicted molar refractivity (Wildman–Crippen MR) is 102 cm³/mol. The van der Waals surface area contributed by atoms with Crippen molar-refractivity contribution in [1.82, 2.24) is 9.88 Å². The number of pyridine rings is 1. The molecule has 0 fully saturated rings.